The fraction of sp³-hybridized carbons (Fsp3) is 0.562. The molecule has 0 radical (unpaired) electrons. The number of hydrogen-bond donors (Lipinski definition) is 1. The molecule has 0 aliphatic carbocycles. The second-order valence-corrected chi connectivity index (χ2v) is 6.97. The van der Waals surface area contributed by atoms with E-state index in [1.807, 2.05) is 0 Å². The third-order valence-electron chi connectivity index (χ3n) is 3.95. The summed E-state index contributed by atoms with van der Waals surface area (Å²) < 4.78 is 13.7. The fourth-order valence-corrected chi connectivity index (χ4v) is 2.80. The first-order chi connectivity index (χ1) is 9.77. The second-order valence-electron chi connectivity index (χ2n) is 6.53. The molecule has 1 fully saturated rings. The van der Waals surface area contributed by atoms with Gasteiger partial charge < -0.3 is 5.32 Å². The molecule has 2 rings (SSSR count). The highest BCUT2D eigenvalue weighted by molar-refractivity contribution is 6.31. The van der Waals surface area contributed by atoms with Crippen molar-refractivity contribution in [2.24, 2.45) is 0 Å². The van der Waals surface area contributed by atoms with Crippen LogP contribution in [0, 0.1) is 5.82 Å². The van der Waals surface area contributed by atoms with Crippen molar-refractivity contribution < 1.29 is 9.18 Å². The van der Waals surface area contributed by atoms with Crippen LogP contribution in [0.5, 0.6) is 0 Å². The van der Waals surface area contributed by atoms with E-state index >= 15 is 0 Å². The molecule has 0 saturated carbocycles. The van der Waals surface area contributed by atoms with Crippen LogP contribution >= 0.6 is 11.6 Å². The third kappa shape index (κ3) is 4.17. The van der Waals surface area contributed by atoms with Gasteiger partial charge in [0, 0.05) is 29.7 Å². The normalized spacial score (nSPS) is 17.8. The van der Waals surface area contributed by atoms with Gasteiger partial charge in [0.2, 0.25) is 0 Å². The molecular formula is C16H22ClFN2O. The van der Waals surface area contributed by atoms with Gasteiger partial charge in [-0.15, -0.1) is 0 Å². The fourth-order valence-electron chi connectivity index (χ4n) is 2.63. The van der Waals surface area contributed by atoms with Gasteiger partial charge in [-0.1, -0.05) is 11.6 Å². The van der Waals surface area contributed by atoms with Crippen molar-refractivity contribution >= 4 is 17.5 Å². The molecular weight excluding hydrogens is 291 g/mol. The predicted octanol–water partition coefficient (Wildman–Crippen LogP) is 3.47. The molecule has 1 N–H and O–H groups in total. The number of amides is 1. The van der Waals surface area contributed by atoms with Crippen LogP contribution in [-0.2, 0) is 0 Å². The van der Waals surface area contributed by atoms with Crippen LogP contribution in [0.4, 0.5) is 4.39 Å². The van der Waals surface area contributed by atoms with Gasteiger partial charge in [-0.05, 0) is 51.8 Å². The van der Waals surface area contributed by atoms with E-state index < -0.39 is 5.82 Å². The van der Waals surface area contributed by atoms with Gasteiger partial charge in [0.25, 0.3) is 5.91 Å². The lowest BCUT2D eigenvalue weighted by Gasteiger charge is -2.41. The molecule has 1 heterocycles. The zero-order chi connectivity index (χ0) is 15.6. The molecule has 0 unspecified atom stereocenters. The molecule has 0 atom stereocenters. The topological polar surface area (TPSA) is 32.3 Å². The SMILES string of the molecule is CC(C)(C)N1CCC(NC(=O)c2cc(Cl)ccc2F)CC1. The summed E-state index contributed by atoms with van der Waals surface area (Å²) in [5, 5.41) is 3.28. The lowest BCUT2D eigenvalue weighted by atomic mass is 9.98. The van der Waals surface area contributed by atoms with Crippen LogP contribution in [0.15, 0.2) is 18.2 Å². The lowest BCUT2D eigenvalue weighted by Crippen LogP contribution is -2.50. The van der Waals surface area contributed by atoms with Gasteiger partial charge in [0.15, 0.2) is 0 Å². The number of carbonyl (C=O) groups is 1. The molecule has 21 heavy (non-hydrogen) atoms. The van der Waals surface area contributed by atoms with Crippen molar-refractivity contribution in [1.29, 1.82) is 0 Å². The average Bonchev–Trinajstić information content (AvgIpc) is 2.41. The molecule has 1 aliphatic rings. The monoisotopic (exact) mass is 312 g/mol. The van der Waals surface area contributed by atoms with Gasteiger partial charge in [0.1, 0.15) is 5.82 Å². The van der Waals surface area contributed by atoms with Gasteiger partial charge in [-0.3, -0.25) is 9.69 Å². The second kappa shape index (κ2) is 6.32. The van der Waals surface area contributed by atoms with E-state index in [1.54, 1.807) is 0 Å². The van der Waals surface area contributed by atoms with Gasteiger partial charge in [0.05, 0.1) is 5.56 Å². The minimum atomic E-state index is -0.538. The Kier molecular flexibility index (Phi) is 4.89. The minimum Gasteiger partial charge on any atom is -0.349 e. The van der Waals surface area contributed by atoms with Crippen molar-refractivity contribution in [3.05, 3.63) is 34.6 Å². The Balaban J connectivity index is 1.94. The minimum absolute atomic E-state index is 0.0146. The molecule has 1 amide bonds. The van der Waals surface area contributed by atoms with Crippen molar-refractivity contribution in [1.82, 2.24) is 10.2 Å². The summed E-state index contributed by atoms with van der Waals surface area (Å²) in [6.07, 6.45) is 1.76. The zero-order valence-electron chi connectivity index (χ0n) is 12.7. The Morgan fingerprint density at radius 1 is 1.33 bits per heavy atom. The zero-order valence-corrected chi connectivity index (χ0v) is 13.5. The predicted molar refractivity (Wildman–Crippen MR) is 83.2 cm³/mol. The number of nitrogens with one attached hydrogen (secondary N) is 1. The molecule has 0 spiro atoms. The van der Waals surface area contributed by atoms with Crippen LogP contribution < -0.4 is 5.32 Å². The largest absolute Gasteiger partial charge is 0.349 e. The van der Waals surface area contributed by atoms with Gasteiger partial charge in [-0.2, -0.15) is 0 Å². The number of rotatable bonds is 2. The highest BCUT2D eigenvalue weighted by atomic mass is 35.5. The van der Waals surface area contributed by atoms with Crippen molar-refractivity contribution in [2.75, 3.05) is 13.1 Å². The maximum atomic E-state index is 13.7. The quantitative estimate of drug-likeness (QED) is 0.907. The third-order valence-corrected chi connectivity index (χ3v) is 4.19. The van der Waals surface area contributed by atoms with E-state index in [4.69, 9.17) is 11.6 Å². The molecule has 1 saturated heterocycles. The van der Waals surface area contributed by atoms with Crippen LogP contribution in [-0.4, -0.2) is 35.5 Å². The molecule has 3 nitrogen and oxygen atoms in total. The number of nitrogens with zero attached hydrogens (tertiary/aromatic N) is 1. The highest BCUT2D eigenvalue weighted by Gasteiger charge is 2.28. The van der Waals surface area contributed by atoms with E-state index in [2.05, 4.69) is 31.0 Å². The van der Waals surface area contributed by atoms with Crippen molar-refractivity contribution in [3.8, 4) is 0 Å². The van der Waals surface area contributed by atoms with Gasteiger partial charge >= 0.3 is 0 Å². The number of carbonyl (C=O) groups excluding carboxylic acids is 1. The molecule has 1 aromatic carbocycles. The Bertz CT molecular complexity index is 519. The Hall–Kier alpha value is -1.13. The summed E-state index contributed by atoms with van der Waals surface area (Å²) in [7, 11) is 0. The number of likely N-dealkylation sites (tertiary alicyclic amines) is 1. The Morgan fingerprint density at radius 2 is 1.95 bits per heavy atom. The van der Waals surface area contributed by atoms with E-state index in [0.717, 1.165) is 25.9 Å². The number of halogens is 2. The molecule has 5 heteroatoms. The smallest absolute Gasteiger partial charge is 0.254 e. The summed E-state index contributed by atoms with van der Waals surface area (Å²) in [6, 6.07) is 4.13. The number of piperidine rings is 1. The molecule has 0 bridgehead atoms. The molecule has 0 aromatic heterocycles. The Labute approximate surface area is 130 Å². The summed E-state index contributed by atoms with van der Waals surface area (Å²) in [5.74, 6) is -0.923. The van der Waals surface area contributed by atoms with Crippen LogP contribution in [0.2, 0.25) is 5.02 Å². The first kappa shape index (κ1) is 16.2. The van der Waals surface area contributed by atoms with E-state index in [0.29, 0.717) is 5.02 Å². The molecule has 116 valence electrons. The standard InChI is InChI=1S/C16H22ClFN2O/c1-16(2,3)20-8-6-12(7-9-20)19-15(21)13-10-11(17)4-5-14(13)18/h4-5,10,12H,6-9H2,1-3H3,(H,19,21). The van der Waals surface area contributed by atoms with Crippen molar-refractivity contribution in [2.45, 2.75) is 45.2 Å². The van der Waals surface area contributed by atoms with Crippen molar-refractivity contribution in [3.63, 3.8) is 0 Å². The summed E-state index contributed by atoms with van der Waals surface area (Å²) in [5.41, 5.74) is 0.161. The summed E-state index contributed by atoms with van der Waals surface area (Å²) >= 11 is 5.82. The Morgan fingerprint density at radius 3 is 2.52 bits per heavy atom. The molecule has 1 aromatic rings. The summed E-state index contributed by atoms with van der Waals surface area (Å²) in [6.45, 7) is 8.44. The van der Waals surface area contributed by atoms with Crippen LogP contribution in [0.3, 0.4) is 0 Å². The first-order valence-corrected chi connectivity index (χ1v) is 7.66. The first-order valence-electron chi connectivity index (χ1n) is 7.28. The number of benzene rings is 1. The van der Waals surface area contributed by atoms with Crippen LogP contribution in [0.25, 0.3) is 0 Å². The lowest BCUT2D eigenvalue weighted by molar-refractivity contribution is 0.0810. The van der Waals surface area contributed by atoms with E-state index in [-0.39, 0.29) is 23.1 Å². The summed E-state index contributed by atoms with van der Waals surface area (Å²) in [4.78, 5) is 14.5. The average molecular weight is 313 g/mol. The maximum Gasteiger partial charge on any atom is 0.254 e. The molecule has 1 aliphatic heterocycles. The maximum absolute atomic E-state index is 13.7. The highest BCUT2D eigenvalue weighted by Crippen LogP contribution is 2.21. The van der Waals surface area contributed by atoms with E-state index in [9.17, 15) is 9.18 Å². The number of hydrogen-bond acceptors (Lipinski definition) is 2. The van der Waals surface area contributed by atoms with Crippen LogP contribution in [0.1, 0.15) is 44.0 Å². The van der Waals surface area contributed by atoms with Gasteiger partial charge in [-0.25, -0.2) is 4.39 Å². The van der Waals surface area contributed by atoms with E-state index in [1.165, 1.54) is 18.2 Å².